The normalized spacial score (nSPS) is 22.6. The van der Waals surface area contributed by atoms with Gasteiger partial charge in [-0.15, -0.1) is 12.6 Å². The van der Waals surface area contributed by atoms with Crippen LogP contribution in [0, 0.1) is 14.9 Å². The number of aliphatic hydroxyl groups is 1. The van der Waals surface area contributed by atoms with Gasteiger partial charge in [0.25, 0.3) is 0 Å². The molecule has 0 bridgehead atoms. The first-order valence-electron chi connectivity index (χ1n) is 10.6. The minimum Gasteiger partial charge on any atom is -0.362 e. The maximum atomic E-state index is 12.3. The second kappa shape index (κ2) is 8.82. The van der Waals surface area contributed by atoms with Crippen LogP contribution in [0.25, 0.3) is 10.8 Å². The van der Waals surface area contributed by atoms with Crippen molar-refractivity contribution in [1.29, 1.82) is 5.26 Å². The second-order valence-electron chi connectivity index (χ2n) is 8.13. The smallest absolute Gasteiger partial charge is 0.227 e. The zero-order valence-electron chi connectivity index (χ0n) is 17.6. The quantitative estimate of drug-likeness (QED) is 0.184. The van der Waals surface area contributed by atoms with Crippen LogP contribution in [0.3, 0.4) is 0 Å². The topological polar surface area (TPSA) is 59.9 Å². The van der Waals surface area contributed by atoms with E-state index in [1.54, 1.807) is 0 Å². The van der Waals surface area contributed by atoms with E-state index in [0.717, 1.165) is 19.9 Å². The van der Waals surface area contributed by atoms with Gasteiger partial charge in [0.1, 0.15) is 0 Å². The van der Waals surface area contributed by atoms with Crippen LogP contribution in [0.1, 0.15) is 23.1 Å². The Balaban J connectivity index is 1.81. The Morgan fingerprint density at radius 2 is 1.70 bits per heavy atom. The molecule has 2 N–H and O–H groups in total. The number of pyridine rings is 1. The van der Waals surface area contributed by atoms with Crippen LogP contribution in [0.4, 0.5) is 0 Å². The molecule has 0 aliphatic carbocycles. The summed E-state index contributed by atoms with van der Waals surface area (Å²) in [5.74, 6) is -0.421. The number of allylic oxidation sites excluding steroid dienone is 1. The first-order chi connectivity index (χ1) is 16.0. The maximum absolute atomic E-state index is 12.3. The van der Waals surface area contributed by atoms with Gasteiger partial charge in [-0.1, -0.05) is 60.7 Å². The number of halogens is 1. The average Bonchev–Trinajstić information content (AvgIpc) is 2.84. The van der Waals surface area contributed by atoms with Gasteiger partial charge < -0.3 is 10.4 Å². The molecule has 0 unspecified atom stereocenters. The fourth-order valence-electron chi connectivity index (χ4n) is 4.69. The molecule has 0 amide bonds. The van der Waals surface area contributed by atoms with Crippen molar-refractivity contribution in [2.45, 2.75) is 17.7 Å². The molecule has 2 heterocycles. The number of nitrogens with zero attached hydrogens (tertiary/aromatic N) is 2. The van der Waals surface area contributed by atoms with E-state index < -0.39 is 17.7 Å². The summed E-state index contributed by atoms with van der Waals surface area (Å²) in [5, 5.41) is 28.2. The zero-order valence-corrected chi connectivity index (χ0v) is 20.6. The molecule has 6 heteroatoms. The van der Waals surface area contributed by atoms with Crippen molar-refractivity contribution in [3.8, 4) is 6.07 Å². The summed E-state index contributed by atoms with van der Waals surface area (Å²) < 4.78 is 3.08. The Morgan fingerprint density at radius 1 is 0.970 bits per heavy atom. The fourth-order valence-corrected chi connectivity index (χ4v) is 5.61. The van der Waals surface area contributed by atoms with Crippen molar-refractivity contribution in [3.63, 3.8) is 0 Å². The summed E-state index contributed by atoms with van der Waals surface area (Å²) in [6.45, 7) is 0. The Kier molecular flexibility index (Phi) is 5.87. The minimum atomic E-state index is -1.50. The van der Waals surface area contributed by atoms with Crippen molar-refractivity contribution >= 4 is 46.0 Å². The van der Waals surface area contributed by atoms with Gasteiger partial charge in [0.15, 0.2) is 12.4 Å². The lowest BCUT2D eigenvalue weighted by Crippen LogP contribution is -2.62. The van der Waals surface area contributed by atoms with Gasteiger partial charge in [0.05, 0.1) is 22.6 Å². The Labute approximate surface area is 211 Å². The van der Waals surface area contributed by atoms with E-state index in [0.29, 0.717) is 16.2 Å². The monoisotopic (exact) mass is 562 g/mol. The molecular weight excluding hydrogens is 541 g/mol. The largest absolute Gasteiger partial charge is 0.362 e. The number of benzene rings is 3. The van der Waals surface area contributed by atoms with Gasteiger partial charge in [-0.2, -0.15) is 9.83 Å². The average molecular weight is 562 g/mol. The van der Waals surface area contributed by atoms with Gasteiger partial charge in [-0.05, 0) is 51.7 Å². The highest BCUT2D eigenvalue weighted by molar-refractivity contribution is 14.1. The molecule has 0 saturated heterocycles. The lowest BCUT2D eigenvalue weighted by Gasteiger charge is -2.42. The first kappa shape index (κ1) is 22.0. The molecule has 0 radical (unpaired) electrons. The number of hydrogen-bond acceptors (Lipinski definition) is 4. The molecular formula is C27H21IN3OS+. The van der Waals surface area contributed by atoms with Crippen LogP contribution in [0.2, 0.25) is 0 Å². The molecule has 162 valence electrons. The van der Waals surface area contributed by atoms with Gasteiger partial charge in [0.2, 0.25) is 11.8 Å². The molecule has 5 rings (SSSR count). The number of rotatable bonds is 3. The zero-order chi connectivity index (χ0) is 23.0. The van der Waals surface area contributed by atoms with E-state index in [9.17, 15) is 10.4 Å². The SMILES string of the molecule is N#CC1=C(S)N[C@@](O)(c2ccccc2)[C@H]([n+]2ccc3ccccc3c2)[C@H]1c1cccc(I)c1. The standard InChI is InChI=1S/C27H20IN3OS/c28-22-12-6-9-19(15-22)24-23(16-29)26(33)30-27(32,21-10-2-1-3-11-21)25(24)31-14-13-18-7-4-5-8-20(18)17-31/h1-15,17,24-25,30,32H/p+1/t24-,25+,27+/m0/s1. The highest BCUT2D eigenvalue weighted by atomic mass is 127. The van der Waals surface area contributed by atoms with E-state index in [4.69, 9.17) is 0 Å². The summed E-state index contributed by atoms with van der Waals surface area (Å²) in [6, 6.07) is 29.6. The molecule has 1 aliphatic rings. The van der Waals surface area contributed by atoms with Crippen LogP contribution in [0.5, 0.6) is 0 Å². The predicted octanol–water partition coefficient (Wildman–Crippen LogP) is 5.17. The molecule has 3 aromatic carbocycles. The van der Waals surface area contributed by atoms with Gasteiger partial charge >= 0.3 is 0 Å². The Bertz CT molecular complexity index is 1420. The lowest BCUT2D eigenvalue weighted by molar-refractivity contribution is -0.742. The predicted molar refractivity (Wildman–Crippen MR) is 140 cm³/mol. The van der Waals surface area contributed by atoms with E-state index >= 15 is 0 Å². The van der Waals surface area contributed by atoms with Crippen LogP contribution in [-0.2, 0) is 5.72 Å². The Morgan fingerprint density at radius 3 is 2.42 bits per heavy atom. The number of nitrogens with one attached hydrogen (secondary N) is 1. The van der Waals surface area contributed by atoms with E-state index in [2.05, 4.69) is 64.8 Å². The lowest BCUT2D eigenvalue weighted by atomic mass is 9.75. The van der Waals surface area contributed by atoms with E-state index in [1.807, 2.05) is 83.7 Å². The second-order valence-corrected chi connectivity index (χ2v) is 9.82. The first-order valence-corrected chi connectivity index (χ1v) is 12.1. The molecule has 1 aromatic heterocycles. The van der Waals surface area contributed by atoms with Crippen molar-refractivity contribution in [1.82, 2.24) is 5.32 Å². The van der Waals surface area contributed by atoms with Crippen LogP contribution >= 0.6 is 35.2 Å². The van der Waals surface area contributed by atoms with Crippen molar-refractivity contribution in [2.75, 3.05) is 0 Å². The number of hydrogen-bond donors (Lipinski definition) is 3. The Hall–Kier alpha value is -2.86. The van der Waals surface area contributed by atoms with Gasteiger partial charge in [-0.3, -0.25) is 0 Å². The third-order valence-corrected chi connectivity index (χ3v) is 7.22. The molecule has 4 nitrogen and oxygen atoms in total. The highest BCUT2D eigenvalue weighted by Crippen LogP contribution is 2.47. The minimum absolute atomic E-state index is 0.380. The molecule has 0 fully saturated rings. The van der Waals surface area contributed by atoms with Gasteiger partial charge in [-0.25, -0.2) is 0 Å². The van der Waals surface area contributed by atoms with Crippen molar-refractivity contribution in [3.05, 3.63) is 123 Å². The maximum Gasteiger partial charge on any atom is 0.227 e. The third kappa shape index (κ3) is 3.90. The van der Waals surface area contributed by atoms with E-state index in [1.165, 1.54) is 0 Å². The van der Waals surface area contributed by atoms with Crippen molar-refractivity contribution < 1.29 is 9.67 Å². The molecule has 4 aromatic rings. The number of nitriles is 1. The van der Waals surface area contributed by atoms with Crippen molar-refractivity contribution in [2.24, 2.45) is 0 Å². The molecule has 33 heavy (non-hydrogen) atoms. The molecule has 0 saturated carbocycles. The highest BCUT2D eigenvalue weighted by Gasteiger charge is 2.55. The third-order valence-electron chi connectivity index (χ3n) is 6.19. The summed E-state index contributed by atoms with van der Waals surface area (Å²) in [6.07, 6.45) is 4.01. The van der Waals surface area contributed by atoms with E-state index in [-0.39, 0.29) is 0 Å². The van der Waals surface area contributed by atoms with Crippen LogP contribution in [0.15, 0.2) is 108 Å². The molecule has 3 atom stereocenters. The summed E-state index contributed by atoms with van der Waals surface area (Å²) >= 11 is 6.90. The molecule has 0 spiro atoms. The van der Waals surface area contributed by atoms with Gasteiger partial charge in [0, 0.05) is 20.6 Å². The number of fused-ring (bicyclic) bond motifs is 1. The number of aromatic nitrogens is 1. The summed E-state index contributed by atoms with van der Waals surface area (Å²) in [5.41, 5.74) is 0.644. The van der Waals surface area contributed by atoms with Crippen LogP contribution < -0.4 is 9.88 Å². The number of thiol groups is 1. The summed E-state index contributed by atoms with van der Waals surface area (Å²) in [7, 11) is 0. The van der Waals surface area contributed by atoms with Crippen LogP contribution in [-0.4, -0.2) is 5.11 Å². The molecule has 1 aliphatic heterocycles. The fraction of sp³-hybridized carbons (Fsp3) is 0.111. The summed E-state index contributed by atoms with van der Waals surface area (Å²) in [4.78, 5) is 0.